The fourth-order valence-corrected chi connectivity index (χ4v) is 3.90. The summed E-state index contributed by atoms with van der Waals surface area (Å²) < 4.78 is 12.7. The first kappa shape index (κ1) is 22.4. The fraction of sp³-hybridized carbons (Fsp3) is 0.154. The molecule has 0 aliphatic heterocycles. The number of hydrazone groups is 1. The smallest absolute Gasteiger partial charge is 0.244 e. The number of methoxy groups -OCH3 is 2. The van der Waals surface area contributed by atoms with Crippen LogP contribution in [0.5, 0.6) is 11.5 Å². The van der Waals surface area contributed by atoms with Crippen LogP contribution in [-0.2, 0) is 17.8 Å². The number of carbonyl (C=O) groups is 1. The number of hydrogen-bond donors (Lipinski definition) is 1. The molecule has 0 atom stereocenters. The molecule has 0 spiro atoms. The van der Waals surface area contributed by atoms with Crippen molar-refractivity contribution >= 4 is 34.6 Å². The molecule has 0 bridgehead atoms. The van der Waals surface area contributed by atoms with Crippen LogP contribution in [0.2, 0.25) is 5.02 Å². The Labute approximate surface area is 197 Å². The maximum atomic E-state index is 12.4. The minimum absolute atomic E-state index is 0.173. The van der Waals surface area contributed by atoms with Crippen molar-refractivity contribution in [1.29, 1.82) is 0 Å². The number of carbonyl (C=O) groups excluding carboxylic acids is 1. The van der Waals surface area contributed by atoms with Crippen molar-refractivity contribution in [3.63, 3.8) is 0 Å². The molecular weight excluding hydrogens is 438 g/mol. The molecule has 0 radical (unpaired) electrons. The highest BCUT2D eigenvalue weighted by atomic mass is 35.5. The van der Waals surface area contributed by atoms with Gasteiger partial charge in [-0.2, -0.15) is 5.10 Å². The number of ether oxygens (including phenoxy) is 2. The van der Waals surface area contributed by atoms with Gasteiger partial charge in [0, 0.05) is 34.2 Å². The van der Waals surface area contributed by atoms with E-state index in [0.29, 0.717) is 18.0 Å². The maximum absolute atomic E-state index is 12.4. The highest BCUT2D eigenvalue weighted by Crippen LogP contribution is 2.27. The van der Waals surface area contributed by atoms with E-state index in [2.05, 4.69) is 21.2 Å². The van der Waals surface area contributed by atoms with Crippen LogP contribution in [0.3, 0.4) is 0 Å². The number of aromatic nitrogens is 1. The molecule has 0 aliphatic carbocycles. The number of halogens is 1. The topological polar surface area (TPSA) is 64.8 Å². The summed E-state index contributed by atoms with van der Waals surface area (Å²) in [5, 5.41) is 5.96. The van der Waals surface area contributed by atoms with E-state index < -0.39 is 0 Å². The van der Waals surface area contributed by atoms with Gasteiger partial charge in [0.05, 0.1) is 26.9 Å². The molecule has 4 aromatic rings. The summed E-state index contributed by atoms with van der Waals surface area (Å²) in [6.45, 7) is 0.639. The van der Waals surface area contributed by atoms with E-state index in [-0.39, 0.29) is 12.3 Å². The van der Waals surface area contributed by atoms with Gasteiger partial charge >= 0.3 is 0 Å². The lowest BCUT2D eigenvalue weighted by Crippen LogP contribution is -2.19. The van der Waals surface area contributed by atoms with E-state index in [0.717, 1.165) is 32.6 Å². The minimum atomic E-state index is -0.224. The van der Waals surface area contributed by atoms with Crippen molar-refractivity contribution in [2.45, 2.75) is 13.0 Å². The molecule has 1 amide bonds. The summed E-state index contributed by atoms with van der Waals surface area (Å²) in [5.74, 6) is 0.976. The van der Waals surface area contributed by atoms with Gasteiger partial charge in [-0.15, -0.1) is 0 Å². The van der Waals surface area contributed by atoms with Crippen molar-refractivity contribution in [1.82, 2.24) is 9.99 Å². The molecule has 0 aliphatic rings. The molecule has 0 fully saturated rings. The third kappa shape index (κ3) is 5.18. The average molecular weight is 462 g/mol. The number of nitrogens with one attached hydrogen (secondary N) is 1. The number of benzene rings is 3. The molecule has 4 rings (SSSR count). The average Bonchev–Trinajstić information content (AvgIpc) is 3.18. The van der Waals surface area contributed by atoms with Gasteiger partial charge < -0.3 is 14.0 Å². The number of nitrogens with zero attached hydrogens (tertiary/aromatic N) is 2. The van der Waals surface area contributed by atoms with Gasteiger partial charge in [0.25, 0.3) is 0 Å². The summed E-state index contributed by atoms with van der Waals surface area (Å²) in [6, 6.07) is 21.2. The van der Waals surface area contributed by atoms with E-state index in [1.54, 1.807) is 32.6 Å². The van der Waals surface area contributed by atoms with Crippen molar-refractivity contribution < 1.29 is 14.3 Å². The third-order valence-corrected chi connectivity index (χ3v) is 5.69. The van der Waals surface area contributed by atoms with Crippen LogP contribution in [0.1, 0.15) is 16.7 Å². The summed E-state index contributed by atoms with van der Waals surface area (Å²) in [5.41, 5.74) is 6.41. The van der Waals surface area contributed by atoms with Gasteiger partial charge in [-0.3, -0.25) is 4.79 Å². The van der Waals surface area contributed by atoms with E-state index >= 15 is 0 Å². The predicted octanol–water partition coefficient (Wildman–Crippen LogP) is 5.05. The standard InChI is InChI=1S/C26H24ClN3O3/c1-32-24-12-11-18(13-25(24)33-2)14-26(31)29-28-15-20-17-30(23-10-6-4-8-21(20)23)16-19-7-3-5-9-22(19)27/h3-13,15,17H,14,16H2,1-2H3,(H,29,31)/b28-15-. The minimum Gasteiger partial charge on any atom is -0.493 e. The molecular formula is C26H24ClN3O3. The molecule has 7 heteroatoms. The molecule has 1 N–H and O–H groups in total. The number of amides is 1. The molecule has 33 heavy (non-hydrogen) atoms. The number of para-hydroxylation sites is 1. The lowest BCUT2D eigenvalue weighted by atomic mass is 10.1. The lowest BCUT2D eigenvalue weighted by molar-refractivity contribution is -0.120. The van der Waals surface area contributed by atoms with Gasteiger partial charge in [0.1, 0.15) is 0 Å². The first-order valence-corrected chi connectivity index (χ1v) is 10.8. The van der Waals surface area contributed by atoms with Gasteiger partial charge in [-0.25, -0.2) is 5.43 Å². The van der Waals surface area contributed by atoms with E-state index in [9.17, 15) is 4.79 Å². The molecule has 1 heterocycles. The third-order valence-electron chi connectivity index (χ3n) is 5.32. The first-order chi connectivity index (χ1) is 16.1. The number of rotatable bonds is 8. The molecule has 0 unspecified atom stereocenters. The zero-order chi connectivity index (χ0) is 23.2. The van der Waals surface area contributed by atoms with Crippen molar-refractivity contribution in [3.8, 4) is 11.5 Å². The second kappa shape index (κ2) is 10.2. The summed E-state index contributed by atoms with van der Waals surface area (Å²) in [6.07, 6.45) is 3.85. The second-order valence-corrected chi connectivity index (χ2v) is 7.89. The van der Waals surface area contributed by atoms with Crippen molar-refractivity contribution in [3.05, 3.63) is 94.6 Å². The Morgan fingerprint density at radius 2 is 1.79 bits per heavy atom. The van der Waals surface area contributed by atoms with Crippen LogP contribution >= 0.6 is 11.6 Å². The molecule has 0 saturated heterocycles. The van der Waals surface area contributed by atoms with Gasteiger partial charge in [-0.1, -0.05) is 54.1 Å². The Bertz CT molecular complexity index is 1310. The van der Waals surface area contributed by atoms with Crippen LogP contribution in [-0.4, -0.2) is 30.9 Å². The van der Waals surface area contributed by atoms with Gasteiger partial charge in [0.2, 0.25) is 5.91 Å². The highest BCUT2D eigenvalue weighted by molar-refractivity contribution is 6.31. The summed E-state index contributed by atoms with van der Waals surface area (Å²) >= 11 is 6.35. The van der Waals surface area contributed by atoms with E-state index in [1.807, 2.05) is 54.7 Å². The zero-order valence-electron chi connectivity index (χ0n) is 18.4. The quantitative estimate of drug-likeness (QED) is 0.295. The van der Waals surface area contributed by atoms with E-state index in [1.165, 1.54) is 0 Å². The predicted molar refractivity (Wildman–Crippen MR) is 131 cm³/mol. The largest absolute Gasteiger partial charge is 0.493 e. The van der Waals surface area contributed by atoms with Gasteiger partial charge in [0.15, 0.2) is 11.5 Å². The molecule has 3 aromatic carbocycles. The van der Waals surface area contributed by atoms with Crippen LogP contribution in [0, 0.1) is 0 Å². The molecule has 168 valence electrons. The van der Waals surface area contributed by atoms with Crippen LogP contribution in [0.15, 0.2) is 78.0 Å². The Balaban J connectivity index is 1.48. The normalized spacial score (nSPS) is 11.1. The SMILES string of the molecule is COc1ccc(CC(=O)N/N=C\c2cn(Cc3ccccc3Cl)c3ccccc23)cc1OC. The molecule has 6 nitrogen and oxygen atoms in total. The fourth-order valence-electron chi connectivity index (χ4n) is 3.71. The van der Waals surface area contributed by atoms with Gasteiger partial charge in [-0.05, 0) is 35.4 Å². The number of hydrogen-bond acceptors (Lipinski definition) is 4. The first-order valence-electron chi connectivity index (χ1n) is 10.4. The summed E-state index contributed by atoms with van der Waals surface area (Å²) in [4.78, 5) is 12.4. The summed E-state index contributed by atoms with van der Waals surface area (Å²) in [7, 11) is 3.14. The van der Waals surface area contributed by atoms with E-state index in [4.69, 9.17) is 21.1 Å². The Morgan fingerprint density at radius 1 is 1.03 bits per heavy atom. The Morgan fingerprint density at radius 3 is 2.58 bits per heavy atom. The Hall–Kier alpha value is -3.77. The van der Waals surface area contributed by atoms with Crippen LogP contribution in [0.4, 0.5) is 0 Å². The lowest BCUT2D eigenvalue weighted by Gasteiger charge is -2.09. The molecule has 0 saturated carbocycles. The Kier molecular flexibility index (Phi) is 6.95. The van der Waals surface area contributed by atoms with Crippen LogP contribution in [0.25, 0.3) is 10.9 Å². The number of fused-ring (bicyclic) bond motifs is 1. The van der Waals surface area contributed by atoms with Crippen molar-refractivity contribution in [2.24, 2.45) is 5.10 Å². The maximum Gasteiger partial charge on any atom is 0.244 e. The zero-order valence-corrected chi connectivity index (χ0v) is 19.2. The monoisotopic (exact) mass is 461 g/mol. The van der Waals surface area contributed by atoms with Crippen LogP contribution < -0.4 is 14.9 Å². The second-order valence-electron chi connectivity index (χ2n) is 7.48. The highest BCUT2D eigenvalue weighted by Gasteiger charge is 2.10. The molecule has 1 aromatic heterocycles. The van der Waals surface area contributed by atoms with Crippen molar-refractivity contribution in [2.75, 3.05) is 14.2 Å².